The number of aryl methyl sites for hydroxylation is 2. The van der Waals surface area contributed by atoms with Crippen molar-refractivity contribution < 1.29 is 9.47 Å². The first-order valence-corrected chi connectivity index (χ1v) is 9.19. The number of aromatic nitrogens is 6. The van der Waals surface area contributed by atoms with Crippen LogP contribution in [0, 0.1) is 13.8 Å². The summed E-state index contributed by atoms with van der Waals surface area (Å²) in [7, 11) is 1.65. The zero-order chi connectivity index (χ0) is 18.8. The van der Waals surface area contributed by atoms with Gasteiger partial charge in [-0.25, -0.2) is 4.98 Å². The molecular formula is C18H25N7O2. The quantitative estimate of drug-likeness (QED) is 0.700. The predicted octanol–water partition coefficient (Wildman–Crippen LogP) is 1.39. The summed E-state index contributed by atoms with van der Waals surface area (Å²) in [5.74, 6) is 1.59. The Hall–Kier alpha value is -2.36. The summed E-state index contributed by atoms with van der Waals surface area (Å²) in [6, 6.07) is 4.22. The Labute approximate surface area is 157 Å². The molecule has 1 unspecified atom stereocenters. The zero-order valence-corrected chi connectivity index (χ0v) is 16.0. The highest BCUT2D eigenvalue weighted by atomic mass is 16.5. The third kappa shape index (κ3) is 3.85. The lowest BCUT2D eigenvalue weighted by Gasteiger charge is -2.30. The number of tetrazole rings is 1. The molecule has 3 heterocycles. The van der Waals surface area contributed by atoms with Gasteiger partial charge >= 0.3 is 0 Å². The van der Waals surface area contributed by atoms with Gasteiger partial charge in [-0.2, -0.15) is 4.80 Å². The molecule has 9 heteroatoms. The van der Waals surface area contributed by atoms with Crippen molar-refractivity contribution in [2.24, 2.45) is 0 Å². The highest BCUT2D eigenvalue weighted by Crippen LogP contribution is 2.22. The number of hydrogen-bond acceptors (Lipinski definition) is 7. The van der Waals surface area contributed by atoms with Gasteiger partial charge in [0.25, 0.3) is 0 Å². The molecular weight excluding hydrogens is 346 g/mol. The van der Waals surface area contributed by atoms with Crippen LogP contribution in [-0.2, 0) is 22.6 Å². The Bertz CT molecular complexity index is 920. The third-order valence-corrected chi connectivity index (χ3v) is 5.00. The van der Waals surface area contributed by atoms with E-state index >= 15 is 0 Å². The van der Waals surface area contributed by atoms with E-state index in [-0.39, 0.29) is 6.10 Å². The molecule has 1 aliphatic heterocycles. The minimum Gasteiger partial charge on any atom is -0.383 e. The second kappa shape index (κ2) is 7.71. The number of benzene rings is 1. The van der Waals surface area contributed by atoms with E-state index in [1.165, 1.54) is 11.1 Å². The Morgan fingerprint density at radius 3 is 3.07 bits per heavy atom. The molecule has 0 bridgehead atoms. The topological polar surface area (TPSA) is 94.0 Å². The van der Waals surface area contributed by atoms with Gasteiger partial charge in [0.05, 0.1) is 37.3 Å². The van der Waals surface area contributed by atoms with Gasteiger partial charge in [0.2, 0.25) is 5.82 Å². The number of rotatable bonds is 6. The molecule has 1 aromatic carbocycles. The Morgan fingerprint density at radius 1 is 1.33 bits per heavy atom. The van der Waals surface area contributed by atoms with E-state index in [0.29, 0.717) is 32.1 Å². The van der Waals surface area contributed by atoms with Gasteiger partial charge in [-0.05, 0) is 36.3 Å². The molecule has 4 rings (SSSR count). The molecule has 27 heavy (non-hydrogen) atoms. The fourth-order valence-corrected chi connectivity index (χ4v) is 3.31. The Balaban J connectivity index is 1.44. The number of imidazole rings is 1. The number of morpholine rings is 1. The van der Waals surface area contributed by atoms with Crippen molar-refractivity contribution in [3.05, 3.63) is 34.9 Å². The molecule has 0 saturated carbocycles. The van der Waals surface area contributed by atoms with Gasteiger partial charge in [-0.15, -0.1) is 10.2 Å². The summed E-state index contributed by atoms with van der Waals surface area (Å²) in [6.45, 7) is 8.30. The van der Waals surface area contributed by atoms with E-state index in [4.69, 9.17) is 14.5 Å². The highest BCUT2D eigenvalue weighted by Gasteiger charge is 2.26. The molecule has 3 aromatic rings. The fraction of sp³-hybridized carbons (Fsp3) is 0.556. The number of nitrogens with one attached hydrogen (secondary N) is 1. The van der Waals surface area contributed by atoms with Crippen LogP contribution in [0.25, 0.3) is 11.0 Å². The SMILES string of the molecule is COCCn1nnc(C2CN(Cc3nc4c(C)c(C)ccc4[nH]3)CCO2)n1. The van der Waals surface area contributed by atoms with Crippen molar-refractivity contribution >= 4 is 11.0 Å². The number of ether oxygens (including phenoxy) is 2. The molecule has 0 aliphatic carbocycles. The minimum atomic E-state index is -0.177. The molecule has 2 aromatic heterocycles. The van der Waals surface area contributed by atoms with E-state index in [0.717, 1.165) is 29.9 Å². The average Bonchev–Trinajstić information content (AvgIpc) is 3.30. The van der Waals surface area contributed by atoms with Crippen molar-refractivity contribution in [2.45, 2.75) is 33.0 Å². The van der Waals surface area contributed by atoms with Crippen molar-refractivity contribution in [2.75, 3.05) is 33.4 Å². The lowest BCUT2D eigenvalue weighted by molar-refractivity contribution is -0.0380. The summed E-state index contributed by atoms with van der Waals surface area (Å²) >= 11 is 0. The lowest BCUT2D eigenvalue weighted by atomic mass is 10.1. The fourth-order valence-electron chi connectivity index (χ4n) is 3.31. The first-order valence-electron chi connectivity index (χ1n) is 9.19. The average molecular weight is 371 g/mol. The zero-order valence-electron chi connectivity index (χ0n) is 16.0. The Morgan fingerprint density at radius 2 is 2.22 bits per heavy atom. The van der Waals surface area contributed by atoms with Gasteiger partial charge < -0.3 is 14.5 Å². The van der Waals surface area contributed by atoms with Gasteiger partial charge in [-0.3, -0.25) is 4.90 Å². The second-order valence-electron chi connectivity index (χ2n) is 6.92. The van der Waals surface area contributed by atoms with Crippen LogP contribution >= 0.6 is 0 Å². The molecule has 1 aliphatic rings. The van der Waals surface area contributed by atoms with Crippen molar-refractivity contribution in [1.82, 2.24) is 35.1 Å². The van der Waals surface area contributed by atoms with Gasteiger partial charge in [0.1, 0.15) is 11.9 Å². The standard InChI is InChI=1S/C18H25N7O2/c1-12-4-5-14-17(13(12)2)20-16(19-14)11-24-6-9-27-15(10-24)18-21-23-25(22-18)7-8-26-3/h4-5,15H,6-11H2,1-3H3,(H,19,20). The van der Waals surface area contributed by atoms with Gasteiger partial charge in [0, 0.05) is 20.2 Å². The van der Waals surface area contributed by atoms with E-state index in [9.17, 15) is 0 Å². The maximum absolute atomic E-state index is 5.86. The molecule has 0 amide bonds. The maximum Gasteiger partial charge on any atom is 0.204 e. The highest BCUT2D eigenvalue weighted by molar-refractivity contribution is 5.79. The number of fused-ring (bicyclic) bond motifs is 1. The van der Waals surface area contributed by atoms with Crippen LogP contribution in [0.1, 0.15) is 28.9 Å². The number of nitrogens with zero attached hydrogens (tertiary/aromatic N) is 6. The van der Waals surface area contributed by atoms with Crippen molar-refractivity contribution in [3.8, 4) is 0 Å². The Kier molecular flexibility index (Phi) is 5.15. The van der Waals surface area contributed by atoms with Crippen LogP contribution in [0.15, 0.2) is 12.1 Å². The van der Waals surface area contributed by atoms with Crippen LogP contribution in [0.5, 0.6) is 0 Å². The van der Waals surface area contributed by atoms with E-state index < -0.39 is 0 Å². The molecule has 1 saturated heterocycles. The van der Waals surface area contributed by atoms with Gasteiger partial charge in [0.15, 0.2) is 0 Å². The summed E-state index contributed by atoms with van der Waals surface area (Å²) in [6.07, 6.45) is -0.177. The first-order chi connectivity index (χ1) is 13.1. The van der Waals surface area contributed by atoms with Crippen LogP contribution in [0.2, 0.25) is 0 Å². The van der Waals surface area contributed by atoms with Crippen LogP contribution in [-0.4, -0.2) is 68.5 Å². The lowest BCUT2D eigenvalue weighted by Crippen LogP contribution is -2.38. The van der Waals surface area contributed by atoms with E-state index in [2.05, 4.69) is 51.3 Å². The number of methoxy groups -OCH3 is 1. The van der Waals surface area contributed by atoms with E-state index in [1.807, 2.05) is 0 Å². The van der Waals surface area contributed by atoms with Crippen molar-refractivity contribution in [3.63, 3.8) is 0 Å². The summed E-state index contributed by atoms with van der Waals surface area (Å²) < 4.78 is 10.9. The maximum atomic E-state index is 5.86. The predicted molar refractivity (Wildman–Crippen MR) is 99.2 cm³/mol. The molecule has 0 radical (unpaired) electrons. The second-order valence-corrected chi connectivity index (χ2v) is 6.92. The van der Waals surface area contributed by atoms with Crippen LogP contribution < -0.4 is 0 Å². The van der Waals surface area contributed by atoms with Gasteiger partial charge in [-0.1, -0.05) is 6.07 Å². The number of aromatic amines is 1. The van der Waals surface area contributed by atoms with Crippen LogP contribution in [0.4, 0.5) is 0 Å². The summed E-state index contributed by atoms with van der Waals surface area (Å²) in [4.78, 5) is 12.1. The van der Waals surface area contributed by atoms with Crippen molar-refractivity contribution in [1.29, 1.82) is 0 Å². The molecule has 9 nitrogen and oxygen atoms in total. The largest absolute Gasteiger partial charge is 0.383 e. The molecule has 0 spiro atoms. The number of H-pyrrole nitrogens is 1. The normalized spacial score (nSPS) is 18.4. The third-order valence-electron chi connectivity index (χ3n) is 5.00. The smallest absolute Gasteiger partial charge is 0.204 e. The molecule has 144 valence electrons. The first kappa shape index (κ1) is 18.0. The van der Waals surface area contributed by atoms with Crippen LogP contribution in [0.3, 0.4) is 0 Å². The monoisotopic (exact) mass is 371 g/mol. The molecule has 1 N–H and O–H groups in total. The molecule has 1 atom stereocenters. The molecule has 1 fully saturated rings. The summed E-state index contributed by atoms with van der Waals surface area (Å²) in [5, 5.41) is 12.6. The minimum absolute atomic E-state index is 0.177. The van der Waals surface area contributed by atoms with E-state index in [1.54, 1.807) is 11.9 Å². The summed E-state index contributed by atoms with van der Waals surface area (Å²) in [5.41, 5.74) is 4.62. The number of hydrogen-bond donors (Lipinski definition) is 1.